The number of carbonyl (C=O) groups is 1. The molecule has 1 N–H and O–H groups in total. The van der Waals surface area contributed by atoms with Crippen molar-refractivity contribution in [3.63, 3.8) is 0 Å². The van der Waals surface area contributed by atoms with Crippen LogP contribution in [0.15, 0.2) is 53.7 Å². The number of benzene rings is 2. The van der Waals surface area contributed by atoms with E-state index in [1.54, 1.807) is 0 Å². The van der Waals surface area contributed by atoms with Crippen LogP contribution in [-0.2, 0) is 16.0 Å². The van der Waals surface area contributed by atoms with Crippen molar-refractivity contribution >= 4 is 23.6 Å². The van der Waals surface area contributed by atoms with Crippen molar-refractivity contribution in [2.24, 2.45) is 0 Å². The molecule has 2 atom stereocenters. The monoisotopic (exact) mass is 477 g/mol. The Balaban J connectivity index is 1.37. The van der Waals surface area contributed by atoms with Crippen molar-refractivity contribution < 1.29 is 9.53 Å². The van der Waals surface area contributed by atoms with E-state index >= 15 is 0 Å². The zero-order valence-corrected chi connectivity index (χ0v) is 20.6. The Bertz CT molecular complexity index is 1140. The Morgan fingerprint density at radius 2 is 1.88 bits per heavy atom. The van der Waals surface area contributed by atoms with Gasteiger partial charge in [0, 0.05) is 13.1 Å². The SMILES string of the molecule is Cc1ccc(-n2c(S[C@@H](C)C(=O)N[C@H]3CCCc4ccccc43)nnc2N2CCOCC2)cc1. The van der Waals surface area contributed by atoms with Crippen molar-refractivity contribution in [3.8, 4) is 5.69 Å². The summed E-state index contributed by atoms with van der Waals surface area (Å²) in [6.07, 6.45) is 3.14. The maximum Gasteiger partial charge on any atom is 0.233 e. The molecule has 1 fully saturated rings. The summed E-state index contributed by atoms with van der Waals surface area (Å²) >= 11 is 1.45. The van der Waals surface area contributed by atoms with E-state index in [1.807, 2.05) is 6.92 Å². The predicted octanol–water partition coefficient (Wildman–Crippen LogP) is 4.09. The summed E-state index contributed by atoms with van der Waals surface area (Å²) in [5.41, 5.74) is 4.78. The highest BCUT2D eigenvalue weighted by Crippen LogP contribution is 2.32. The number of amides is 1. The molecule has 5 rings (SSSR count). The molecule has 1 aromatic heterocycles. The molecule has 2 aliphatic rings. The molecular formula is C26H31N5O2S. The number of carbonyl (C=O) groups excluding carboxylic acids is 1. The standard InChI is InChI=1S/C26H31N5O2S/c1-18-10-12-21(13-11-18)31-25(30-14-16-33-17-15-30)28-29-26(31)34-19(2)24(32)27-23-9-5-7-20-6-3-4-8-22(20)23/h3-4,6,8,10-13,19,23H,5,7,9,14-17H2,1-2H3,(H,27,32)/t19-,23-/m0/s1. The zero-order valence-electron chi connectivity index (χ0n) is 19.7. The highest BCUT2D eigenvalue weighted by atomic mass is 32.2. The minimum absolute atomic E-state index is 0.0260. The van der Waals surface area contributed by atoms with Gasteiger partial charge in [0.05, 0.1) is 30.2 Å². The number of anilines is 1. The third-order valence-corrected chi connectivity index (χ3v) is 7.58. The molecule has 1 saturated heterocycles. The van der Waals surface area contributed by atoms with E-state index in [1.165, 1.54) is 28.5 Å². The van der Waals surface area contributed by atoms with Gasteiger partial charge in [0.25, 0.3) is 0 Å². The first-order valence-electron chi connectivity index (χ1n) is 12.0. The fourth-order valence-corrected chi connectivity index (χ4v) is 5.50. The van der Waals surface area contributed by atoms with Gasteiger partial charge >= 0.3 is 0 Å². The van der Waals surface area contributed by atoms with Crippen molar-refractivity contribution in [2.75, 3.05) is 31.2 Å². The van der Waals surface area contributed by atoms with Crippen LogP contribution in [-0.4, -0.2) is 52.2 Å². The number of aryl methyl sites for hydroxylation is 2. The van der Waals surface area contributed by atoms with E-state index in [4.69, 9.17) is 4.74 Å². The van der Waals surface area contributed by atoms with E-state index in [-0.39, 0.29) is 17.2 Å². The molecule has 1 amide bonds. The summed E-state index contributed by atoms with van der Waals surface area (Å²) in [5.74, 6) is 0.821. The number of ether oxygens (including phenoxy) is 1. The van der Waals surface area contributed by atoms with E-state index in [9.17, 15) is 4.79 Å². The average Bonchev–Trinajstić information content (AvgIpc) is 3.28. The second-order valence-corrected chi connectivity index (χ2v) is 10.3. The third-order valence-electron chi connectivity index (χ3n) is 6.54. The summed E-state index contributed by atoms with van der Waals surface area (Å²) in [4.78, 5) is 15.4. The first kappa shape index (κ1) is 22.9. The second-order valence-electron chi connectivity index (χ2n) is 8.97. The van der Waals surface area contributed by atoms with Crippen LogP contribution >= 0.6 is 11.8 Å². The maximum absolute atomic E-state index is 13.2. The lowest BCUT2D eigenvalue weighted by Crippen LogP contribution is -2.38. The highest BCUT2D eigenvalue weighted by Gasteiger charge is 2.27. The maximum atomic E-state index is 13.2. The molecule has 178 valence electrons. The molecule has 0 unspecified atom stereocenters. The minimum Gasteiger partial charge on any atom is -0.378 e. The van der Waals surface area contributed by atoms with E-state index in [0.717, 1.165) is 49.1 Å². The molecule has 0 saturated carbocycles. The fourth-order valence-electron chi connectivity index (χ4n) is 4.63. The quantitative estimate of drug-likeness (QED) is 0.539. The molecular weight excluding hydrogens is 446 g/mol. The molecule has 1 aliphatic heterocycles. The molecule has 2 aromatic carbocycles. The number of hydrogen-bond acceptors (Lipinski definition) is 6. The van der Waals surface area contributed by atoms with Gasteiger partial charge in [-0.05, 0) is 56.4 Å². The summed E-state index contributed by atoms with van der Waals surface area (Å²) in [5, 5.41) is 12.7. The zero-order chi connectivity index (χ0) is 23.5. The number of fused-ring (bicyclic) bond motifs is 1. The first-order chi connectivity index (χ1) is 16.6. The van der Waals surface area contributed by atoms with E-state index in [0.29, 0.717) is 13.2 Å². The van der Waals surface area contributed by atoms with Gasteiger partial charge in [-0.1, -0.05) is 53.7 Å². The number of nitrogens with one attached hydrogen (secondary N) is 1. The Morgan fingerprint density at radius 1 is 1.12 bits per heavy atom. The number of hydrogen-bond donors (Lipinski definition) is 1. The number of morpholine rings is 1. The van der Waals surface area contributed by atoms with E-state index < -0.39 is 0 Å². The van der Waals surface area contributed by atoms with Gasteiger partial charge < -0.3 is 15.0 Å². The lowest BCUT2D eigenvalue weighted by atomic mass is 9.88. The molecule has 3 aromatic rings. The van der Waals surface area contributed by atoms with Gasteiger partial charge in [-0.3, -0.25) is 9.36 Å². The van der Waals surface area contributed by atoms with Crippen molar-refractivity contribution in [2.45, 2.75) is 49.6 Å². The Hall–Kier alpha value is -2.84. The summed E-state index contributed by atoms with van der Waals surface area (Å²) in [6, 6.07) is 16.8. The normalized spacial score (nSPS) is 18.9. The average molecular weight is 478 g/mol. The first-order valence-corrected chi connectivity index (χ1v) is 12.9. The van der Waals surface area contributed by atoms with Crippen LogP contribution in [0.4, 0.5) is 5.95 Å². The van der Waals surface area contributed by atoms with Crippen molar-refractivity contribution in [3.05, 3.63) is 65.2 Å². The third kappa shape index (κ3) is 4.83. The van der Waals surface area contributed by atoms with Crippen LogP contribution in [0.1, 0.15) is 42.5 Å². The summed E-state index contributed by atoms with van der Waals surface area (Å²) < 4.78 is 7.59. The molecule has 0 spiro atoms. The summed E-state index contributed by atoms with van der Waals surface area (Å²) in [6.45, 7) is 6.90. The van der Waals surface area contributed by atoms with Gasteiger partial charge in [0.15, 0.2) is 5.16 Å². The number of nitrogens with zero attached hydrogens (tertiary/aromatic N) is 4. The number of rotatable bonds is 6. The Morgan fingerprint density at radius 3 is 2.68 bits per heavy atom. The molecule has 34 heavy (non-hydrogen) atoms. The fraction of sp³-hybridized carbons (Fsp3) is 0.423. The van der Waals surface area contributed by atoms with Gasteiger partial charge in [-0.25, -0.2) is 0 Å². The molecule has 0 bridgehead atoms. The second kappa shape index (κ2) is 10.2. The lowest BCUT2D eigenvalue weighted by molar-refractivity contribution is -0.121. The van der Waals surface area contributed by atoms with Crippen LogP contribution in [0.2, 0.25) is 0 Å². The van der Waals surface area contributed by atoms with Gasteiger partial charge in [0.1, 0.15) is 0 Å². The minimum atomic E-state index is -0.306. The Labute approximate surface area is 204 Å². The smallest absolute Gasteiger partial charge is 0.233 e. The number of aromatic nitrogens is 3. The lowest BCUT2D eigenvalue weighted by Gasteiger charge is -2.28. The number of thioether (sulfide) groups is 1. The van der Waals surface area contributed by atoms with Gasteiger partial charge in [0.2, 0.25) is 11.9 Å². The van der Waals surface area contributed by atoms with Crippen molar-refractivity contribution in [1.82, 2.24) is 20.1 Å². The van der Waals surface area contributed by atoms with E-state index in [2.05, 4.69) is 80.4 Å². The van der Waals surface area contributed by atoms with Crippen molar-refractivity contribution in [1.29, 1.82) is 0 Å². The van der Waals surface area contributed by atoms with Gasteiger partial charge in [-0.2, -0.15) is 0 Å². The van der Waals surface area contributed by atoms with Crippen LogP contribution in [0.25, 0.3) is 5.69 Å². The van der Waals surface area contributed by atoms with Crippen LogP contribution in [0, 0.1) is 6.92 Å². The largest absolute Gasteiger partial charge is 0.378 e. The predicted molar refractivity (Wildman–Crippen MR) is 135 cm³/mol. The topological polar surface area (TPSA) is 72.3 Å². The highest BCUT2D eigenvalue weighted by molar-refractivity contribution is 8.00. The van der Waals surface area contributed by atoms with Crippen LogP contribution in [0.3, 0.4) is 0 Å². The Kier molecular flexibility index (Phi) is 6.87. The molecule has 7 nitrogen and oxygen atoms in total. The van der Waals surface area contributed by atoms with Crippen LogP contribution in [0.5, 0.6) is 0 Å². The van der Waals surface area contributed by atoms with Gasteiger partial charge in [-0.15, -0.1) is 10.2 Å². The molecule has 8 heteroatoms. The van der Waals surface area contributed by atoms with Crippen LogP contribution < -0.4 is 10.2 Å². The molecule has 0 radical (unpaired) electrons. The molecule has 1 aliphatic carbocycles. The molecule has 2 heterocycles. The summed E-state index contributed by atoms with van der Waals surface area (Å²) in [7, 11) is 0.